The number of nitrogens with one attached hydrogen (secondary N) is 1. The van der Waals surface area contributed by atoms with Crippen molar-refractivity contribution in [1.29, 1.82) is 0 Å². The maximum atomic E-state index is 12.5. The minimum atomic E-state index is -3.87. The topological polar surface area (TPSA) is 90.9 Å². The normalized spacial score (nSPS) is 12.8. The van der Waals surface area contributed by atoms with E-state index in [0.29, 0.717) is 22.7 Å². The number of carbonyl (C=O) groups excluding carboxylic acids is 1. The van der Waals surface area contributed by atoms with E-state index in [4.69, 9.17) is 9.47 Å². The van der Waals surface area contributed by atoms with E-state index in [1.54, 1.807) is 25.1 Å². The van der Waals surface area contributed by atoms with Gasteiger partial charge in [-0.25, -0.2) is 13.2 Å². The van der Waals surface area contributed by atoms with Crippen LogP contribution in [-0.2, 0) is 14.8 Å². The van der Waals surface area contributed by atoms with Crippen LogP contribution in [-0.4, -0.2) is 28.3 Å². The molecule has 0 saturated heterocycles. The van der Waals surface area contributed by atoms with Crippen molar-refractivity contribution < 1.29 is 27.4 Å². The van der Waals surface area contributed by atoms with Crippen LogP contribution in [0.25, 0.3) is 0 Å². The minimum absolute atomic E-state index is 0.0360. The minimum Gasteiger partial charge on any atom is -0.465 e. The summed E-state index contributed by atoms with van der Waals surface area (Å²) in [5, 5.41) is 0. The fourth-order valence-corrected chi connectivity index (χ4v) is 3.35. The third-order valence-electron chi connectivity index (χ3n) is 3.55. The number of esters is 1. The third kappa shape index (κ3) is 3.00. The molecule has 0 aliphatic carbocycles. The Hall–Kier alpha value is -2.74. The molecule has 3 rings (SSSR count). The number of fused-ring (bicyclic) bond motifs is 1. The predicted octanol–water partition coefficient (Wildman–Crippen LogP) is 2.31. The molecule has 0 saturated carbocycles. The number of anilines is 1. The summed E-state index contributed by atoms with van der Waals surface area (Å²) in [6, 6.07) is 9.00. The van der Waals surface area contributed by atoms with E-state index in [2.05, 4.69) is 9.46 Å². The number of benzene rings is 2. The maximum Gasteiger partial charge on any atom is 0.338 e. The zero-order chi connectivity index (χ0) is 17.3. The summed E-state index contributed by atoms with van der Waals surface area (Å²) < 4.78 is 42.6. The molecule has 0 unspecified atom stereocenters. The summed E-state index contributed by atoms with van der Waals surface area (Å²) in [6.45, 7) is 1.81. The Morgan fingerprint density at radius 1 is 1.12 bits per heavy atom. The molecule has 2 aromatic rings. The van der Waals surface area contributed by atoms with Gasteiger partial charge in [0.25, 0.3) is 10.0 Å². The number of sulfonamides is 1. The van der Waals surface area contributed by atoms with Crippen LogP contribution in [0.3, 0.4) is 0 Å². The van der Waals surface area contributed by atoms with E-state index in [1.165, 1.54) is 25.3 Å². The highest BCUT2D eigenvalue weighted by Crippen LogP contribution is 2.34. The molecule has 1 heterocycles. The van der Waals surface area contributed by atoms with Crippen LogP contribution in [0.5, 0.6) is 11.5 Å². The molecule has 24 heavy (non-hydrogen) atoms. The van der Waals surface area contributed by atoms with Crippen molar-refractivity contribution in [1.82, 2.24) is 0 Å². The number of rotatable bonds is 4. The van der Waals surface area contributed by atoms with Gasteiger partial charge in [-0.2, -0.15) is 0 Å². The SMILES string of the molecule is COC(=O)c1cc(S(=O)(=O)Nc2ccc3c(c2)OCO3)ccc1C. The average Bonchev–Trinajstić information content (AvgIpc) is 3.01. The smallest absolute Gasteiger partial charge is 0.338 e. The summed E-state index contributed by atoms with van der Waals surface area (Å²) in [6.07, 6.45) is 0. The second kappa shape index (κ2) is 6.04. The molecule has 1 aliphatic heterocycles. The molecule has 0 atom stereocenters. The lowest BCUT2D eigenvalue weighted by molar-refractivity contribution is 0.0599. The molecule has 126 valence electrons. The fourth-order valence-electron chi connectivity index (χ4n) is 2.27. The first-order valence-electron chi connectivity index (χ1n) is 7.02. The fraction of sp³-hybridized carbons (Fsp3) is 0.188. The van der Waals surface area contributed by atoms with Crippen molar-refractivity contribution in [2.45, 2.75) is 11.8 Å². The lowest BCUT2D eigenvalue weighted by atomic mass is 10.1. The molecule has 0 radical (unpaired) electrons. The Kier molecular flexibility index (Phi) is 4.06. The predicted molar refractivity (Wildman–Crippen MR) is 85.9 cm³/mol. The monoisotopic (exact) mass is 349 g/mol. The molecular formula is C16H15NO6S. The lowest BCUT2D eigenvalue weighted by Gasteiger charge is -2.11. The molecule has 7 nitrogen and oxygen atoms in total. The summed E-state index contributed by atoms with van der Waals surface area (Å²) in [4.78, 5) is 11.7. The van der Waals surface area contributed by atoms with Crippen molar-refractivity contribution >= 4 is 21.7 Å². The summed E-state index contributed by atoms with van der Waals surface area (Å²) in [5.74, 6) is 0.434. The Morgan fingerprint density at radius 3 is 2.62 bits per heavy atom. The summed E-state index contributed by atoms with van der Waals surface area (Å²) in [5.41, 5.74) is 1.16. The van der Waals surface area contributed by atoms with E-state index >= 15 is 0 Å². The van der Waals surface area contributed by atoms with Crippen molar-refractivity contribution in [3.8, 4) is 11.5 Å². The highest BCUT2D eigenvalue weighted by molar-refractivity contribution is 7.92. The van der Waals surface area contributed by atoms with Gasteiger partial charge in [-0.1, -0.05) is 6.07 Å². The molecule has 0 spiro atoms. The van der Waals surface area contributed by atoms with Gasteiger partial charge in [0.05, 0.1) is 23.3 Å². The quantitative estimate of drug-likeness (QED) is 0.852. The van der Waals surface area contributed by atoms with E-state index in [1.807, 2.05) is 0 Å². The average molecular weight is 349 g/mol. The van der Waals surface area contributed by atoms with Crippen LogP contribution in [0.1, 0.15) is 15.9 Å². The van der Waals surface area contributed by atoms with Crippen LogP contribution in [0.15, 0.2) is 41.3 Å². The number of hydrogen-bond donors (Lipinski definition) is 1. The van der Waals surface area contributed by atoms with Crippen molar-refractivity contribution in [2.75, 3.05) is 18.6 Å². The second-order valence-electron chi connectivity index (χ2n) is 5.14. The zero-order valence-corrected chi connectivity index (χ0v) is 13.8. The third-order valence-corrected chi connectivity index (χ3v) is 4.93. The summed E-state index contributed by atoms with van der Waals surface area (Å²) in [7, 11) is -2.62. The highest BCUT2D eigenvalue weighted by Gasteiger charge is 2.20. The molecule has 0 fully saturated rings. The largest absolute Gasteiger partial charge is 0.465 e. The Bertz CT molecular complexity index is 907. The van der Waals surface area contributed by atoms with Gasteiger partial charge in [0.2, 0.25) is 6.79 Å². The van der Waals surface area contributed by atoms with Crippen molar-refractivity contribution in [2.24, 2.45) is 0 Å². The van der Waals surface area contributed by atoms with Crippen LogP contribution in [0, 0.1) is 6.92 Å². The van der Waals surface area contributed by atoms with Crippen LogP contribution in [0.4, 0.5) is 5.69 Å². The van der Waals surface area contributed by atoms with Crippen LogP contribution >= 0.6 is 0 Å². The molecule has 0 bridgehead atoms. The Morgan fingerprint density at radius 2 is 1.88 bits per heavy atom. The van der Waals surface area contributed by atoms with E-state index in [0.717, 1.165) is 0 Å². The molecule has 2 aromatic carbocycles. The first kappa shape index (κ1) is 16.1. The van der Waals surface area contributed by atoms with E-state index < -0.39 is 16.0 Å². The molecule has 1 aliphatic rings. The summed E-state index contributed by atoms with van der Waals surface area (Å²) >= 11 is 0. The van der Waals surface area contributed by atoms with Gasteiger partial charge in [-0.05, 0) is 36.8 Å². The van der Waals surface area contributed by atoms with E-state index in [-0.39, 0.29) is 17.3 Å². The first-order chi connectivity index (χ1) is 11.4. The molecule has 1 N–H and O–H groups in total. The first-order valence-corrected chi connectivity index (χ1v) is 8.50. The van der Waals surface area contributed by atoms with Gasteiger partial charge in [-0.15, -0.1) is 0 Å². The molecule has 0 amide bonds. The van der Waals surface area contributed by atoms with Gasteiger partial charge >= 0.3 is 5.97 Å². The lowest BCUT2D eigenvalue weighted by Crippen LogP contribution is -2.14. The molecule has 8 heteroatoms. The number of carbonyl (C=O) groups is 1. The standard InChI is InChI=1S/C16H15NO6S/c1-10-3-5-12(8-13(10)16(18)21-2)24(19,20)17-11-4-6-14-15(7-11)23-9-22-14/h3-8,17H,9H2,1-2H3. The van der Waals surface area contributed by atoms with E-state index in [9.17, 15) is 13.2 Å². The van der Waals surface area contributed by atoms with Gasteiger partial charge in [0.15, 0.2) is 11.5 Å². The van der Waals surface area contributed by atoms with Crippen molar-refractivity contribution in [3.63, 3.8) is 0 Å². The van der Waals surface area contributed by atoms with Crippen LogP contribution < -0.4 is 14.2 Å². The highest BCUT2D eigenvalue weighted by atomic mass is 32.2. The number of ether oxygens (including phenoxy) is 3. The van der Waals surface area contributed by atoms with Gasteiger partial charge in [0.1, 0.15) is 0 Å². The maximum absolute atomic E-state index is 12.5. The van der Waals surface area contributed by atoms with Gasteiger partial charge in [0, 0.05) is 6.07 Å². The molecule has 0 aromatic heterocycles. The van der Waals surface area contributed by atoms with Gasteiger partial charge in [-0.3, -0.25) is 4.72 Å². The Balaban J connectivity index is 1.92. The zero-order valence-electron chi connectivity index (χ0n) is 13.0. The van der Waals surface area contributed by atoms with Crippen LogP contribution in [0.2, 0.25) is 0 Å². The number of aryl methyl sites for hydroxylation is 1. The number of methoxy groups -OCH3 is 1. The number of hydrogen-bond acceptors (Lipinski definition) is 6. The Labute approximate surface area is 139 Å². The van der Waals surface area contributed by atoms with Crippen molar-refractivity contribution in [3.05, 3.63) is 47.5 Å². The molecular weight excluding hydrogens is 334 g/mol. The second-order valence-corrected chi connectivity index (χ2v) is 6.82. The van der Waals surface area contributed by atoms with Gasteiger partial charge < -0.3 is 14.2 Å².